The first kappa shape index (κ1) is 15.6. The summed E-state index contributed by atoms with van der Waals surface area (Å²) in [6, 6.07) is 9.16. The summed E-state index contributed by atoms with van der Waals surface area (Å²) >= 11 is 11.7. The third-order valence-electron chi connectivity index (χ3n) is 2.80. The van der Waals surface area contributed by atoms with Gasteiger partial charge in [0.05, 0.1) is 21.6 Å². The highest BCUT2D eigenvalue weighted by Gasteiger charge is 2.11. The molecule has 0 aliphatic heterocycles. The lowest BCUT2D eigenvalue weighted by atomic mass is 10.2. The summed E-state index contributed by atoms with van der Waals surface area (Å²) < 4.78 is 5.56. The zero-order valence-corrected chi connectivity index (χ0v) is 12.3. The first-order chi connectivity index (χ1) is 10.0. The highest BCUT2D eigenvalue weighted by molar-refractivity contribution is 6.42. The molecule has 0 heterocycles. The van der Waals surface area contributed by atoms with Crippen LogP contribution in [0.1, 0.15) is 11.1 Å². The molecule has 2 aromatic rings. The summed E-state index contributed by atoms with van der Waals surface area (Å²) in [4.78, 5) is 10.2. The number of aliphatic hydroxyl groups excluding tert-OH is 1. The molecule has 0 radical (unpaired) electrons. The smallest absolute Gasteiger partial charge is 0.270 e. The van der Waals surface area contributed by atoms with Crippen molar-refractivity contribution in [3.63, 3.8) is 0 Å². The van der Waals surface area contributed by atoms with Gasteiger partial charge >= 0.3 is 0 Å². The van der Waals surface area contributed by atoms with Gasteiger partial charge in [0.25, 0.3) is 5.69 Å². The normalized spacial score (nSPS) is 10.4. The summed E-state index contributed by atoms with van der Waals surface area (Å²) in [5.41, 5.74) is 1.05. The van der Waals surface area contributed by atoms with Gasteiger partial charge < -0.3 is 9.84 Å². The van der Waals surface area contributed by atoms with E-state index in [1.807, 2.05) is 0 Å². The Balaban J connectivity index is 2.15. The Morgan fingerprint density at radius 1 is 1.14 bits per heavy atom. The van der Waals surface area contributed by atoms with Crippen LogP contribution in [0.5, 0.6) is 5.75 Å². The number of nitrogens with zero attached hydrogens (tertiary/aromatic N) is 1. The maximum absolute atomic E-state index is 10.7. The minimum Gasteiger partial charge on any atom is -0.489 e. The minimum absolute atomic E-state index is 0.0964. The maximum Gasteiger partial charge on any atom is 0.270 e. The van der Waals surface area contributed by atoms with Crippen molar-refractivity contribution in [2.45, 2.75) is 13.2 Å². The van der Waals surface area contributed by atoms with Crippen molar-refractivity contribution in [3.05, 3.63) is 67.7 Å². The lowest BCUT2D eigenvalue weighted by molar-refractivity contribution is -0.385. The van der Waals surface area contributed by atoms with Gasteiger partial charge in [-0.15, -0.1) is 0 Å². The van der Waals surface area contributed by atoms with Crippen molar-refractivity contribution in [3.8, 4) is 5.75 Å². The van der Waals surface area contributed by atoms with Crippen LogP contribution in [0.3, 0.4) is 0 Å². The highest BCUT2D eigenvalue weighted by atomic mass is 35.5. The van der Waals surface area contributed by atoms with Crippen LogP contribution in [-0.4, -0.2) is 10.0 Å². The molecular formula is C14H11Cl2NO4. The van der Waals surface area contributed by atoms with E-state index in [1.54, 1.807) is 18.2 Å². The van der Waals surface area contributed by atoms with E-state index >= 15 is 0 Å². The van der Waals surface area contributed by atoms with Crippen molar-refractivity contribution in [2.24, 2.45) is 0 Å². The van der Waals surface area contributed by atoms with Crippen LogP contribution in [0.15, 0.2) is 36.4 Å². The van der Waals surface area contributed by atoms with Crippen LogP contribution in [0.4, 0.5) is 5.69 Å². The summed E-state index contributed by atoms with van der Waals surface area (Å²) in [6.45, 7) is -0.139. The third kappa shape index (κ3) is 3.85. The fourth-order valence-electron chi connectivity index (χ4n) is 1.73. The van der Waals surface area contributed by atoms with Crippen LogP contribution in [0.25, 0.3) is 0 Å². The fraction of sp³-hybridized carbons (Fsp3) is 0.143. The fourth-order valence-corrected chi connectivity index (χ4v) is 2.05. The molecule has 0 bridgehead atoms. The number of hydrogen-bond donors (Lipinski definition) is 1. The minimum atomic E-state index is -0.526. The van der Waals surface area contributed by atoms with Crippen LogP contribution < -0.4 is 4.74 Å². The second kappa shape index (κ2) is 6.76. The van der Waals surface area contributed by atoms with Crippen molar-refractivity contribution < 1.29 is 14.8 Å². The predicted molar refractivity (Wildman–Crippen MR) is 79.8 cm³/mol. The molecule has 0 aliphatic rings. The van der Waals surface area contributed by atoms with Gasteiger partial charge in [-0.1, -0.05) is 29.3 Å². The Morgan fingerprint density at radius 3 is 2.52 bits per heavy atom. The number of non-ortho nitro benzene ring substituents is 1. The number of halogens is 2. The Hall–Kier alpha value is -1.82. The molecule has 21 heavy (non-hydrogen) atoms. The van der Waals surface area contributed by atoms with E-state index in [0.29, 0.717) is 21.4 Å². The summed E-state index contributed by atoms with van der Waals surface area (Å²) in [5, 5.41) is 20.8. The Bertz CT molecular complexity index is 676. The van der Waals surface area contributed by atoms with Gasteiger partial charge in [-0.25, -0.2) is 0 Å². The van der Waals surface area contributed by atoms with Crippen LogP contribution in [0.2, 0.25) is 10.0 Å². The van der Waals surface area contributed by atoms with E-state index in [4.69, 9.17) is 27.9 Å². The molecule has 0 saturated carbocycles. The number of nitro groups is 1. The lowest BCUT2D eigenvalue weighted by Crippen LogP contribution is -2.00. The Kier molecular flexibility index (Phi) is 5.01. The van der Waals surface area contributed by atoms with Crippen molar-refractivity contribution >= 4 is 28.9 Å². The highest BCUT2D eigenvalue weighted by Crippen LogP contribution is 2.26. The molecule has 2 aromatic carbocycles. The van der Waals surface area contributed by atoms with E-state index < -0.39 is 4.92 Å². The Morgan fingerprint density at radius 2 is 1.90 bits per heavy atom. The second-order valence-corrected chi connectivity index (χ2v) is 5.06. The van der Waals surface area contributed by atoms with Gasteiger partial charge in [0.1, 0.15) is 12.4 Å². The molecule has 0 atom stereocenters. The molecule has 0 amide bonds. The number of hydrogen-bond acceptors (Lipinski definition) is 4. The number of benzene rings is 2. The first-order valence-electron chi connectivity index (χ1n) is 5.96. The van der Waals surface area contributed by atoms with Gasteiger partial charge in [0, 0.05) is 17.7 Å². The first-order valence-corrected chi connectivity index (χ1v) is 6.71. The van der Waals surface area contributed by atoms with E-state index in [-0.39, 0.29) is 18.9 Å². The predicted octanol–water partition coefficient (Wildman–Crippen LogP) is 3.97. The quantitative estimate of drug-likeness (QED) is 0.666. The van der Waals surface area contributed by atoms with Gasteiger partial charge in [-0.3, -0.25) is 10.1 Å². The number of nitro benzene ring substituents is 1. The largest absolute Gasteiger partial charge is 0.489 e. The average Bonchev–Trinajstić information content (AvgIpc) is 2.48. The number of ether oxygens (including phenoxy) is 1. The molecule has 0 saturated heterocycles. The van der Waals surface area contributed by atoms with Gasteiger partial charge in [-0.05, 0) is 23.8 Å². The standard InChI is InChI=1S/C14H11Cl2NO4/c15-12-3-1-9(5-13(12)16)8-21-14-4-2-11(17(19)20)6-10(14)7-18/h1-6,18H,7-8H2. The van der Waals surface area contributed by atoms with Crippen LogP contribution >= 0.6 is 23.2 Å². The average molecular weight is 328 g/mol. The maximum atomic E-state index is 10.7. The zero-order chi connectivity index (χ0) is 15.4. The molecule has 7 heteroatoms. The number of rotatable bonds is 5. The van der Waals surface area contributed by atoms with E-state index in [2.05, 4.69) is 0 Å². The van der Waals surface area contributed by atoms with E-state index in [0.717, 1.165) is 5.56 Å². The van der Waals surface area contributed by atoms with Gasteiger partial charge in [0.2, 0.25) is 0 Å². The molecule has 0 aliphatic carbocycles. The summed E-state index contributed by atoms with van der Waals surface area (Å²) in [5.74, 6) is 0.383. The lowest BCUT2D eigenvalue weighted by Gasteiger charge is -2.10. The van der Waals surface area contributed by atoms with Gasteiger partial charge in [-0.2, -0.15) is 0 Å². The molecule has 110 valence electrons. The van der Waals surface area contributed by atoms with Crippen molar-refractivity contribution in [2.75, 3.05) is 0 Å². The molecule has 1 N–H and O–H groups in total. The molecule has 0 unspecified atom stereocenters. The van der Waals surface area contributed by atoms with Crippen molar-refractivity contribution in [1.82, 2.24) is 0 Å². The van der Waals surface area contributed by atoms with Crippen LogP contribution in [0, 0.1) is 10.1 Å². The molecule has 0 aromatic heterocycles. The topological polar surface area (TPSA) is 72.6 Å². The molecule has 0 spiro atoms. The second-order valence-electron chi connectivity index (χ2n) is 4.24. The molecule has 5 nitrogen and oxygen atoms in total. The van der Waals surface area contributed by atoms with Gasteiger partial charge in [0.15, 0.2) is 0 Å². The summed E-state index contributed by atoms with van der Waals surface area (Å²) in [7, 11) is 0. The Labute approximate surface area is 130 Å². The SMILES string of the molecule is O=[N+]([O-])c1ccc(OCc2ccc(Cl)c(Cl)c2)c(CO)c1. The molecular weight excluding hydrogens is 317 g/mol. The van der Waals surface area contributed by atoms with Crippen LogP contribution in [-0.2, 0) is 13.2 Å². The molecule has 2 rings (SSSR count). The zero-order valence-electron chi connectivity index (χ0n) is 10.8. The third-order valence-corrected chi connectivity index (χ3v) is 3.54. The van der Waals surface area contributed by atoms with Crippen molar-refractivity contribution in [1.29, 1.82) is 0 Å². The number of aliphatic hydroxyl groups is 1. The van der Waals surface area contributed by atoms with E-state index in [1.165, 1.54) is 18.2 Å². The molecule has 0 fully saturated rings. The monoisotopic (exact) mass is 327 g/mol. The van der Waals surface area contributed by atoms with E-state index in [9.17, 15) is 15.2 Å². The summed E-state index contributed by atoms with van der Waals surface area (Å²) in [6.07, 6.45) is 0.